The van der Waals surface area contributed by atoms with Crippen LogP contribution in [0.4, 0.5) is 0 Å². The maximum Gasteiger partial charge on any atom is 0.287 e. The molecule has 0 spiro atoms. The lowest BCUT2D eigenvalue weighted by atomic mass is 10.3. The van der Waals surface area contributed by atoms with Crippen molar-refractivity contribution in [2.45, 2.75) is 19.9 Å². The Kier molecular flexibility index (Phi) is 2.98. The molecular weight excluding hydrogens is 254 g/mol. The first-order chi connectivity index (χ1) is 9.63. The van der Waals surface area contributed by atoms with Gasteiger partial charge in [-0.05, 0) is 26.0 Å². The zero-order valence-corrected chi connectivity index (χ0v) is 11.3. The largest absolute Gasteiger partial charge is 0.344 e. The van der Waals surface area contributed by atoms with Crippen LogP contribution in [0.15, 0.2) is 30.5 Å². The number of aromatic nitrogens is 4. The van der Waals surface area contributed by atoms with Crippen molar-refractivity contribution in [3.8, 4) is 0 Å². The van der Waals surface area contributed by atoms with Crippen LogP contribution in [0.25, 0.3) is 11.0 Å². The van der Waals surface area contributed by atoms with E-state index in [0.717, 1.165) is 22.6 Å². The number of amides is 1. The molecule has 102 valence electrons. The number of imidazole rings is 2. The van der Waals surface area contributed by atoms with Gasteiger partial charge in [0.2, 0.25) is 0 Å². The van der Waals surface area contributed by atoms with Gasteiger partial charge in [0.15, 0.2) is 5.82 Å². The fourth-order valence-electron chi connectivity index (χ4n) is 2.05. The summed E-state index contributed by atoms with van der Waals surface area (Å²) < 4.78 is 0. The number of hydrogen-bond donors (Lipinski definition) is 3. The number of benzene rings is 1. The quantitative estimate of drug-likeness (QED) is 0.680. The van der Waals surface area contributed by atoms with Gasteiger partial charge in [0, 0.05) is 11.9 Å². The highest BCUT2D eigenvalue weighted by Gasteiger charge is 2.16. The van der Waals surface area contributed by atoms with Crippen molar-refractivity contribution in [2.24, 2.45) is 0 Å². The van der Waals surface area contributed by atoms with Gasteiger partial charge in [-0.25, -0.2) is 9.97 Å². The Hall–Kier alpha value is -2.63. The van der Waals surface area contributed by atoms with Crippen molar-refractivity contribution < 1.29 is 4.79 Å². The maximum absolute atomic E-state index is 12.2. The summed E-state index contributed by atoms with van der Waals surface area (Å²) >= 11 is 0. The third-order valence-electron chi connectivity index (χ3n) is 3.08. The smallest absolute Gasteiger partial charge is 0.287 e. The standard InChI is InChI=1S/C14H15N5O/c1-8-7-15-12(16-8)9(2)17-14(20)13-18-10-5-3-4-6-11(10)19-13/h3-7,9H,1-2H3,(H,15,16)(H,17,20)(H,18,19). The summed E-state index contributed by atoms with van der Waals surface area (Å²) in [5, 5.41) is 2.86. The van der Waals surface area contributed by atoms with E-state index < -0.39 is 0 Å². The van der Waals surface area contributed by atoms with Gasteiger partial charge in [0.1, 0.15) is 5.82 Å². The molecule has 0 fully saturated rings. The predicted octanol–water partition coefficient (Wildman–Crippen LogP) is 2.09. The van der Waals surface area contributed by atoms with Gasteiger partial charge in [0.05, 0.1) is 17.1 Å². The second kappa shape index (κ2) is 4.80. The molecule has 6 nitrogen and oxygen atoms in total. The lowest BCUT2D eigenvalue weighted by Crippen LogP contribution is -2.28. The normalized spacial score (nSPS) is 12.5. The van der Waals surface area contributed by atoms with E-state index in [1.165, 1.54) is 0 Å². The number of aromatic amines is 2. The van der Waals surface area contributed by atoms with Gasteiger partial charge in [0.25, 0.3) is 5.91 Å². The van der Waals surface area contributed by atoms with Gasteiger partial charge in [-0.3, -0.25) is 4.79 Å². The Morgan fingerprint density at radius 3 is 2.80 bits per heavy atom. The van der Waals surface area contributed by atoms with E-state index in [4.69, 9.17) is 0 Å². The molecule has 20 heavy (non-hydrogen) atoms. The van der Waals surface area contributed by atoms with Crippen molar-refractivity contribution in [2.75, 3.05) is 0 Å². The fraction of sp³-hybridized carbons (Fsp3) is 0.214. The summed E-state index contributed by atoms with van der Waals surface area (Å²) in [4.78, 5) is 26.7. The lowest BCUT2D eigenvalue weighted by molar-refractivity contribution is 0.0929. The number of aryl methyl sites for hydroxylation is 1. The number of rotatable bonds is 3. The molecular formula is C14H15N5O. The summed E-state index contributed by atoms with van der Waals surface area (Å²) in [6.07, 6.45) is 1.74. The molecule has 0 bridgehead atoms. The number of fused-ring (bicyclic) bond motifs is 1. The Labute approximate surface area is 115 Å². The zero-order valence-electron chi connectivity index (χ0n) is 11.3. The number of carbonyl (C=O) groups is 1. The number of nitrogens with zero attached hydrogens (tertiary/aromatic N) is 2. The molecule has 0 saturated carbocycles. The third kappa shape index (κ3) is 2.27. The molecule has 0 aliphatic carbocycles. The van der Waals surface area contributed by atoms with Crippen molar-refractivity contribution in [3.63, 3.8) is 0 Å². The van der Waals surface area contributed by atoms with E-state index in [1.54, 1.807) is 6.20 Å². The van der Waals surface area contributed by atoms with Crippen molar-refractivity contribution in [1.82, 2.24) is 25.3 Å². The van der Waals surface area contributed by atoms with Crippen molar-refractivity contribution in [3.05, 3.63) is 47.8 Å². The van der Waals surface area contributed by atoms with E-state index in [9.17, 15) is 4.79 Å². The van der Waals surface area contributed by atoms with Gasteiger partial charge < -0.3 is 15.3 Å². The van der Waals surface area contributed by atoms with Crippen molar-refractivity contribution in [1.29, 1.82) is 0 Å². The summed E-state index contributed by atoms with van der Waals surface area (Å²) in [6.45, 7) is 3.79. The van der Waals surface area contributed by atoms with Gasteiger partial charge in [-0.15, -0.1) is 0 Å². The zero-order chi connectivity index (χ0) is 14.1. The van der Waals surface area contributed by atoms with Crippen LogP contribution in [-0.4, -0.2) is 25.8 Å². The average Bonchev–Trinajstić information content (AvgIpc) is 3.04. The Morgan fingerprint density at radius 2 is 2.10 bits per heavy atom. The minimum atomic E-state index is -0.247. The van der Waals surface area contributed by atoms with E-state index in [0.29, 0.717) is 5.82 Å². The van der Waals surface area contributed by atoms with Crippen LogP contribution >= 0.6 is 0 Å². The number of para-hydroxylation sites is 2. The second-order valence-electron chi connectivity index (χ2n) is 4.75. The Morgan fingerprint density at radius 1 is 1.30 bits per heavy atom. The molecule has 1 aromatic carbocycles. The predicted molar refractivity (Wildman–Crippen MR) is 75.3 cm³/mol. The van der Waals surface area contributed by atoms with Crippen LogP contribution < -0.4 is 5.32 Å². The van der Waals surface area contributed by atoms with E-state index in [1.807, 2.05) is 38.1 Å². The molecule has 0 aliphatic rings. The van der Waals surface area contributed by atoms with Crippen LogP contribution in [0, 0.1) is 6.92 Å². The maximum atomic E-state index is 12.2. The molecule has 0 saturated heterocycles. The minimum absolute atomic E-state index is 0.204. The topological polar surface area (TPSA) is 86.5 Å². The number of H-pyrrole nitrogens is 2. The first-order valence-corrected chi connectivity index (χ1v) is 6.40. The molecule has 1 unspecified atom stereocenters. The number of nitrogens with one attached hydrogen (secondary N) is 3. The molecule has 1 amide bonds. The summed E-state index contributed by atoms with van der Waals surface area (Å²) in [5.41, 5.74) is 2.59. The minimum Gasteiger partial charge on any atom is -0.344 e. The van der Waals surface area contributed by atoms with Crippen LogP contribution in [0.3, 0.4) is 0 Å². The first kappa shape index (κ1) is 12.4. The van der Waals surface area contributed by atoms with E-state index in [-0.39, 0.29) is 11.9 Å². The van der Waals surface area contributed by atoms with Crippen LogP contribution in [-0.2, 0) is 0 Å². The molecule has 3 N–H and O–H groups in total. The van der Waals surface area contributed by atoms with Crippen LogP contribution in [0.5, 0.6) is 0 Å². The van der Waals surface area contributed by atoms with Crippen LogP contribution in [0.1, 0.15) is 35.1 Å². The summed E-state index contributed by atoms with van der Waals surface area (Å²) in [5.74, 6) is 0.788. The first-order valence-electron chi connectivity index (χ1n) is 6.40. The number of carbonyl (C=O) groups excluding carboxylic acids is 1. The van der Waals surface area contributed by atoms with Gasteiger partial charge in [-0.2, -0.15) is 0 Å². The van der Waals surface area contributed by atoms with Gasteiger partial charge in [-0.1, -0.05) is 12.1 Å². The molecule has 6 heteroatoms. The molecule has 0 aliphatic heterocycles. The monoisotopic (exact) mass is 269 g/mol. The molecule has 1 atom stereocenters. The highest BCUT2D eigenvalue weighted by Crippen LogP contribution is 2.12. The molecule has 2 heterocycles. The van der Waals surface area contributed by atoms with Crippen LogP contribution in [0.2, 0.25) is 0 Å². The summed E-state index contributed by atoms with van der Waals surface area (Å²) in [6, 6.07) is 7.33. The molecule has 2 aromatic heterocycles. The third-order valence-corrected chi connectivity index (χ3v) is 3.08. The lowest BCUT2D eigenvalue weighted by Gasteiger charge is -2.09. The second-order valence-corrected chi connectivity index (χ2v) is 4.75. The fourth-order valence-corrected chi connectivity index (χ4v) is 2.05. The molecule has 3 aromatic rings. The number of hydrogen-bond acceptors (Lipinski definition) is 3. The molecule has 3 rings (SSSR count). The summed E-state index contributed by atoms with van der Waals surface area (Å²) in [7, 11) is 0. The average molecular weight is 269 g/mol. The highest BCUT2D eigenvalue weighted by molar-refractivity contribution is 5.94. The molecule has 0 radical (unpaired) electrons. The van der Waals surface area contributed by atoms with E-state index in [2.05, 4.69) is 25.3 Å². The van der Waals surface area contributed by atoms with Crippen molar-refractivity contribution >= 4 is 16.9 Å². The van der Waals surface area contributed by atoms with Gasteiger partial charge >= 0.3 is 0 Å². The SMILES string of the molecule is Cc1cnc(C(C)NC(=O)c2nc3ccccc3[nH]2)[nH]1. The highest BCUT2D eigenvalue weighted by atomic mass is 16.2. The Balaban J connectivity index is 1.78. The Bertz CT molecular complexity index is 725. The van der Waals surface area contributed by atoms with E-state index >= 15 is 0 Å².